The highest BCUT2D eigenvalue weighted by Crippen LogP contribution is 2.07. The minimum atomic E-state index is 0.765. The molecule has 0 amide bonds. The number of hydrogen-bond acceptors (Lipinski definition) is 3. The van der Waals surface area contributed by atoms with Crippen molar-refractivity contribution in [2.75, 3.05) is 13.7 Å². The van der Waals surface area contributed by atoms with Crippen LogP contribution in [0.5, 0.6) is 0 Å². The molecule has 0 saturated heterocycles. The van der Waals surface area contributed by atoms with Gasteiger partial charge in [-0.15, -0.1) is 10.2 Å². The number of aryl methyl sites for hydroxylation is 2. The Morgan fingerprint density at radius 2 is 2.27 bits per heavy atom. The number of hydrogen-bond donors (Lipinski definition) is 0. The van der Waals surface area contributed by atoms with Gasteiger partial charge in [-0.1, -0.05) is 0 Å². The molecule has 15 heavy (non-hydrogen) atoms. The molecule has 2 rings (SSSR count). The highest BCUT2D eigenvalue weighted by atomic mass is 16.5. The van der Waals surface area contributed by atoms with Crippen molar-refractivity contribution in [1.29, 1.82) is 0 Å². The molecular formula is C11H15N3O. The minimum Gasteiger partial charge on any atom is -0.385 e. The van der Waals surface area contributed by atoms with Crippen LogP contribution in [0.3, 0.4) is 0 Å². The van der Waals surface area contributed by atoms with Crippen LogP contribution in [0, 0.1) is 6.92 Å². The molecule has 2 aromatic rings. The molecule has 0 aliphatic rings. The summed E-state index contributed by atoms with van der Waals surface area (Å²) in [6.45, 7) is 2.82. The first kappa shape index (κ1) is 10.1. The lowest BCUT2D eigenvalue weighted by atomic mass is 10.3. The van der Waals surface area contributed by atoms with E-state index in [0.29, 0.717) is 0 Å². The Morgan fingerprint density at radius 3 is 3.07 bits per heavy atom. The first-order valence-electron chi connectivity index (χ1n) is 5.10. The van der Waals surface area contributed by atoms with Crippen LogP contribution in [0.2, 0.25) is 0 Å². The van der Waals surface area contributed by atoms with Gasteiger partial charge in [0.05, 0.1) is 0 Å². The van der Waals surface area contributed by atoms with E-state index in [9.17, 15) is 0 Å². The Balaban J connectivity index is 2.21. The molecule has 80 valence electrons. The van der Waals surface area contributed by atoms with Gasteiger partial charge < -0.3 is 4.74 Å². The van der Waals surface area contributed by atoms with Gasteiger partial charge in [0.1, 0.15) is 5.82 Å². The Hall–Kier alpha value is -1.42. The monoisotopic (exact) mass is 205 g/mol. The standard InChI is InChI=1S/C11H15N3O/c1-9-5-6-14-10(4-3-7-15-2)12-13-11(14)8-9/h5-6,8H,3-4,7H2,1-2H3. The Labute approximate surface area is 88.9 Å². The highest BCUT2D eigenvalue weighted by Gasteiger charge is 2.04. The summed E-state index contributed by atoms with van der Waals surface area (Å²) < 4.78 is 7.04. The molecular weight excluding hydrogens is 190 g/mol. The maximum Gasteiger partial charge on any atom is 0.161 e. The van der Waals surface area contributed by atoms with Crippen LogP contribution < -0.4 is 0 Å². The molecule has 4 nitrogen and oxygen atoms in total. The SMILES string of the molecule is COCCCc1nnc2cc(C)ccn12. The molecule has 4 heteroatoms. The van der Waals surface area contributed by atoms with Crippen molar-refractivity contribution in [1.82, 2.24) is 14.6 Å². The number of fused-ring (bicyclic) bond motifs is 1. The van der Waals surface area contributed by atoms with Crippen molar-refractivity contribution in [2.24, 2.45) is 0 Å². The predicted molar refractivity (Wildman–Crippen MR) is 57.9 cm³/mol. The van der Waals surface area contributed by atoms with Crippen molar-refractivity contribution in [2.45, 2.75) is 19.8 Å². The Kier molecular flexibility index (Phi) is 2.97. The molecule has 0 unspecified atom stereocenters. The quantitative estimate of drug-likeness (QED) is 0.712. The maximum absolute atomic E-state index is 5.01. The van der Waals surface area contributed by atoms with Gasteiger partial charge in [-0.25, -0.2) is 0 Å². The maximum atomic E-state index is 5.01. The van der Waals surface area contributed by atoms with Crippen molar-refractivity contribution in [3.8, 4) is 0 Å². The van der Waals surface area contributed by atoms with Gasteiger partial charge in [-0.3, -0.25) is 4.40 Å². The van der Waals surface area contributed by atoms with Crippen molar-refractivity contribution in [3.63, 3.8) is 0 Å². The van der Waals surface area contributed by atoms with E-state index >= 15 is 0 Å². The first-order chi connectivity index (χ1) is 7.31. The van der Waals surface area contributed by atoms with Crippen LogP contribution in [0.1, 0.15) is 17.8 Å². The first-order valence-corrected chi connectivity index (χ1v) is 5.10. The number of nitrogens with zero attached hydrogens (tertiary/aromatic N) is 3. The van der Waals surface area contributed by atoms with E-state index in [4.69, 9.17) is 4.74 Å². The summed E-state index contributed by atoms with van der Waals surface area (Å²) in [4.78, 5) is 0. The number of pyridine rings is 1. The normalized spacial score (nSPS) is 11.1. The smallest absolute Gasteiger partial charge is 0.161 e. The molecule has 0 saturated carbocycles. The van der Waals surface area contributed by atoms with Crippen LogP contribution in [0.15, 0.2) is 18.3 Å². The number of ether oxygens (including phenoxy) is 1. The van der Waals surface area contributed by atoms with Gasteiger partial charge in [-0.05, 0) is 31.0 Å². The highest BCUT2D eigenvalue weighted by molar-refractivity contribution is 5.40. The Bertz CT molecular complexity index is 450. The van der Waals surface area contributed by atoms with Gasteiger partial charge >= 0.3 is 0 Å². The van der Waals surface area contributed by atoms with Crippen LogP contribution >= 0.6 is 0 Å². The summed E-state index contributed by atoms with van der Waals surface area (Å²) in [5.74, 6) is 1.00. The average Bonchev–Trinajstić information content (AvgIpc) is 2.61. The third-order valence-electron chi connectivity index (χ3n) is 2.38. The lowest BCUT2D eigenvalue weighted by molar-refractivity contribution is 0.194. The lowest BCUT2D eigenvalue weighted by Crippen LogP contribution is -1.98. The van der Waals surface area contributed by atoms with E-state index in [2.05, 4.69) is 23.2 Å². The second-order valence-electron chi connectivity index (χ2n) is 3.64. The number of rotatable bonds is 4. The minimum absolute atomic E-state index is 0.765. The average molecular weight is 205 g/mol. The molecule has 0 aliphatic heterocycles. The predicted octanol–water partition coefficient (Wildman–Crippen LogP) is 1.62. The van der Waals surface area contributed by atoms with E-state index in [0.717, 1.165) is 30.9 Å². The molecule has 0 N–H and O–H groups in total. The summed E-state index contributed by atoms with van der Waals surface area (Å²) >= 11 is 0. The van der Waals surface area contributed by atoms with E-state index in [-0.39, 0.29) is 0 Å². The van der Waals surface area contributed by atoms with E-state index in [1.165, 1.54) is 5.56 Å². The second-order valence-corrected chi connectivity index (χ2v) is 3.64. The van der Waals surface area contributed by atoms with Gasteiger partial charge in [-0.2, -0.15) is 0 Å². The van der Waals surface area contributed by atoms with Crippen molar-refractivity contribution < 1.29 is 4.74 Å². The van der Waals surface area contributed by atoms with Crippen LogP contribution in [-0.2, 0) is 11.2 Å². The van der Waals surface area contributed by atoms with Crippen LogP contribution in [0.25, 0.3) is 5.65 Å². The fourth-order valence-corrected chi connectivity index (χ4v) is 1.59. The summed E-state index contributed by atoms with van der Waals surface area (Å²) in [6.07, 6.45) is 3.90. The summed E-state index contributed by atoms with van der Waals surface area (Å²) in [5, 5.41) is 8.30. The van der Waals surface area contributed by atoms with E-state index in [1.54, 1.807) is 7.11 Å². The van der Waals surface area contributed by atoms with Gasteiger partial charge in [0.15, 0.2) is 5.65 Å². The molecule has 0 fully saturated rings. The molecule has 2 heterocycles. The summed E-state index contributed by atoms with van der Waals surface area (Å²) in [6, 6.07) is 4.10. The number of aromatic nitrogens is 3. The fraction of sp³-hybridized carbons (Fsp3) is 0.455. The lowest BCUT2D eigenvalue weighted by Gasteiger charge is -1.99. The van der Waals surface area contributed by atoms with Gasteiger partial charge in [0.2, 0.25) is 0 Å². The molecule has 0 radical (unpaired) electrons. The third kappa shape index (κ3) is 2.15. The molecule has 0 aliphatic carbocycles. The van der Waals surface area contributed by atoms with E-state index in [1.807, 2.05) is 16.7 Å². The fourth-order valence-electron chi connectivity index (χ4n) is 1.59. The number of methoxy groups -OCH3 is 1. The molecule has 0 spiro atoms. The Morgan fingerprint density at radius 1 is 1.40 bits per heavy atom. The molecule has 2 aromatic heterocycles. The molecule has 0 bridgehead atoms. The molecule has 0 atom stereocenters. The zero-order valence-corrected chi connectivity index (χ0v) is 9.10. The molecule has 0 aromatic carbocycles. The van der Waals surface area contributed by atoms with Crippen molar-refractivity contribution >= 4 is 5.65 Å². The zero-order chi connectivity index (χ0) is 10.7. The van der Waals surface area contributed by atoms with Gasteiger partial charge in [0.25, 0.3) is 0 Å². The largest absolute Gasteiger partial charge is 0.385 e. The third-order valence-corrected chi connectivity index (χ3v) is 2.38. The van der Waals surface area contributed by atoms with Crippen LogP contribution in [-0.4, -0.2) is 28.3 Å². The summed E-state index contributed by atoms with van der Waals surface area (Å²) in [7, 11) is 1.71. The topological polar surface area (TPSA) is 39.4 Å². The van der Waals surface area contributed by atoms with Crippen molar-refractivity contribution in [3.05, 3.63) is 29.7 Å². The van der Waals surface area contributed by atoms with Crippen LogP contribution in [0.4, 0.5) is 0 Å². The second kappa shape index (κ2) is 4.40. The summed E-state index contributed by atoms with van der Waals surface area (Å²) in [5.41, 5.74) is 2.13. The zero-order valence-electron chi connectivity index (χ0n) is 9.10. The van der Waals surface area contributed by atoms with Gasteiger partial charge in [0, 0.05) is 26.3 Å². The van der Waals surface area contributed by atoms with E-state index < -0.39 is 0 Å².